The molecule has 2 aromatic heterocycles. The lowest BCUT2D eigenvalue weighted by Crippen LogP contribution is -2.11. The Morgan fingerprint density at radius 3 is 2.60 bits per heavy atom. The van der Waals surface area contributed by atoms with Gasteiger partial charge in [0.1, 0.15) is 17.4 Å². The Balaban J connectivity index is 1.61. The van der Waals surface area contributed by atoms with Crippen molar-refractivity contribution in [2.45, 2.75) is 71.8 Å². The maximum atomic E-state index is 12.4. The molecule has 2 aromatic rings. The van der Waals surface area contributed by atoms with Crippen LogP contribution in [0.15, 0.2) is 18.3 Å². The first kappa shape index (κ1) is 17.8. The Labute approximate surface area is 149 Å². The number of Topliss-reactive ketones (excluding diaryl/α,β-unsaturated/α-hetero) is 1. The van der Waals surface area contributed by atoms with Gasteiger partial charge in [0.25, 0.3) is 0 Å². The first-order chi connectivity index (χ1) is 12.0. The number of aromatic nitrogens is 4. The normalized spacial score (nSPS) is 14.2. The largest absolute Gasteiger partial charge is 0.312 e. The van der Waals surface area contributed by atoms with Gasteiger partial charge in [0.2, 0.25) is 0 Å². The van der Waals surface area contributed by atoms with Crippen LogP contribution in [0.5, 0.6) is 0 Å². The Morgan fingerprint density at radius 2 is 1.96 bits per heavy atom. The van der Waals surface area contributed by atoms with Gasteiger partial charge in [-0.3, -0.25) is 9.78 Å². The van der Waals surface area contributed by atoms with Crippen LogP contribution < -0.4 is 0 Å². The van der Waals surface area contributed by atoms with Gasteiger partial charge in [-0.15, -0.1) is 10.2 Å². The molecule has 5 nitrogen and oxygen atoms in total. The van der Waals surface area contributed by atoms with Crippen molar-refractivity contribution in [1.29, 1.82) is 0 Å². The smallest absolute Gasteiger partial charge is 0.137 e. The lowest BCUT2D eigenvalue weighted by molar-refractivity contribution is -0.118. The van der Waals surface area contributed by atoms with E-state index in [9.17, 15) is 4.79 Å². The molecular weight excluding hydrogens is 312 g/mol. The summed E-state index contributed by atoms with van der Waals surface area (Å²) < 4.78 is 2.31. The molecule has 1 fully saturated rings. The van der Waals surface area contributed by atoms with Crippen molar-refractivity contribution in [1.82, 2.24) is 19.7 Å². The summed E-state index contributed by atoms with van der Waals surface area (Å²) in [6.45, 7) is 6.42. The van der Waals surface area contributed by atoms with Crippen molar-refractivity contribution in [3.8, 4) is 0 Å². The highest BCUT2D eigenvalue weighted by molar-refractivity contribution is 5.81. The number of carbonyl (C=O) groups excluding carboxylic acids is 1. The van der Waals surface area contributed by atoms with Gasteiger partial charge >= 0.3 is 0 Å². The molecule has 0 spiro atoms. The molecule has 0 N–H and O–H groups in total. The quantitative estimate of drug-likeness (QED) is 0.699. The second-order valence-corrected chi connectivity index (χ2v) is 7.53. The average molecular weight is 340 g/mol. The van der Waals surface area contributed by atoms with Crippen LogP contribution in [0, 0.1) is 12.8 Å². The molecule has 0 saturated heterocycles. The highest BCUT2D eigenvalue weighted by atomic mass is 16.1. The summed E-state index contributed by atoms with van der Waals surface area (Å²) in [5, 5.41) is 8.82. The molecular formula is C20H28N4O. The van der Waals surface area contributed by atoms with Crippen LogP contribution in [0.3, 0.4) is 0 Å². The summed E-state index contributed by atoms with van der Waals surface area (Å²) in [6, 6.07) is 4.43. The van der Waals surface area contributed by atoms with Gasteiger partial charge in [-0.2, -0.15) is 0 Å². The fourth-order valence-corrected chi connectivity index (χ4v) is 3.13. The van der Waals surface area contributed by atoms with Gasteiger partial charge in [-0.1, -0.05) is 19.9 Å². The average Bonchev–Trinajstić information content (AvgIpc) is 3.33. The van der Waals surface area contributed by atoms with E-state index in [1.165, 1.54) is 12.8 Å². The maximum absolute atomic E-state index is 12.4. The number of ketones is 1. The molecule has 1 saturated carbocycles. The minimum absolute atomic E-state index is 0.241. The number of hydrogen-bond acceptors (Lipinski definition) is 4. The standard InChI is InChI=1S/C20H28N4O/c1-14(2)6-10-19-22-23-20(24(19)17-7-8-17)11-9-18(25)13-16-5-4-12-21-15(16)3/h4-5,12,14,17H,6-11,13H2,1-3H3. The fourth-order valence-electron chi connectivity index (χ4n) is 3.13. The lowest BCUT2D eigenvalue weighted by atomic mass is 10.0. The molecule has 25 heavy (non-hydrogen) atoms. The topological polar surface area (TPSA) is 60.7 Å². The van der Waals surface area contributed by atoms with Crippen LogP contribution in [0.2, 0.25) is 0 Å². The fraction of sp³-hybridized carbons (Fsp3) is 0.600. The van der Waals surface area contributed by atoms with Crippen LogP contribution in [-0.2, 0) is 24.1 Å². The molecule has 0 amide bonds. The molecule has 0 bridgehead atoms. The van der Waals surface area contributed by atoms with E-state index >= 15 is 0 Å². The third-order valence-corrected chi connectivity index (χ3v) is 4.83. The lowest BCUT2D eigenvalue weighted by Gasteiger charge is -2.10. The van der Waals surface area contributed by atoms with Gasteiger partial charge in [-0.25, -0.2) is 0 Å². The van der Waals surface area contributed by atoms with Crippen LogP contribution in [0.1, 0.15) is 68.5 Å². The van der Waals surface area contributed by atoms with Crippen LogP contribution in [0.4, 0.5) is 0 Å². The van der Waals surface area contributed by atoms with E-state index in [1.807, 2.05) is 19.1 Å². The van der Waals surface area contributed by atoms with Gasteiger partial charge in [0.15, 0.2) is 0 Å². The van der Waals surface area contributed by atoms with Crippen LogP contribution >= 0.6 is 0 Å². The molecule has 0 aliphatic heterocycles. The number of hydrogen-bond donors (Lipinski definition) is 0. The van der Waals surface area contributed by atoms with Gasteiger partial charge < -0.3 is 4.57 Å². The van der Waals surface area contributed by atoms with E-state index in [1.54, 1.807) is 6.20 Å². The highest BCUT2D eigenvalue weighted by Gasteiger charge is 2.29. The molecule has 2 heterocycles. The van der Waals surface area contributed by atoms with Gasteiger partial charge in [0, 0.05) is 43.6 Å². The molecule has 5 heteroatoms. The van der Waals surface area contributed by atoms with Crippen molar-refractivity contribution in [2.24, 2.45) is 5.92 Å². The Bertz CT molecular complexity index is 731. The minimum atomic E-state index is 0.241. The zero-order valence-corrected chi connectivity index (χ0v) is 15.5. The SMILES string of the molecule is Cc1ncccc1CC(=O)CCc1nnc(CCC(C)C)n1C1CC1. The summed E-state index contributed by atoms with van der Waals surface area (Å²) >= 11 is 0. The summed E-state index contributed by atoms with van der Waals surface area (Å²) in [7, 11) is 0. The van der Waals surface area contributed by atoms with Crippen LogP contribution in [0.25, 0.3) is 0 Å². The molecule has 134 valence electrons. The van der Waals surface area contributed by atoms with Crippen LogP contribution in [-0.4, -0.2) is 25.5 Å². The van der Waals surface area contributed by atoms with E-state index in [4.69, 9.17) is 0 Å². The van der Waals surface area contributed by atoms with Gasteiger partial charge in [-0.05, 0) is 43.7 Å². The van der Waals surface area contributed by atoms with Crippen molar-refractivity contribution in [2.75, 3.05) is 0 Å². The van der Waals surface area contributed by atoms with E-state index in [2.05, 4.69) is 33.6 Å². The van der Waals surface area contributed by atoms with Crippen molar-refractivity contribution >= 4 is 5.78 Å². The Kier molecular flexibility index (Phi) is 5.61. The number of aryl methyl sites for hydroxylation is 3. The molecule has 0 atom stereocenters. The second kappa shape index (κ2) is 7.89. The zero-order chi connectivity index (χ0) is 17.8. The first-order valence-electron chi connectivity index (χ1n) is 9.39. The predicted octanol–water partition coefficient (Wildman–Crippen LogP) is 3.65. The highest BCUT2D eigenvalue weighted by Crippen LogP contribution is 2.37. The van der Waals surface area contributed by atoms with E-state index in [0.29, 0.717) is 31.2 Å². The molecule has 3 rings (SSSR count). The summed E-state index contributed by atoms with van der Waals surface area (Å²) in [5.41, 5.74) is 1.96. The van der Waals surface area contributed by atoms with E-state index in [0.717, 1.165) is 35.7 Å². The van der Waals surface area contributed by atoms with Crippen molar-refractivity contribution in [3.05, 3.63) is 41.2 Å². The summed E-state index contributed by atoms with van der Waals surface area (Å²) in [6.07, 6.45) is 7.95. The number of nitrogens with zero attached hydrogens (tertiary/aromatic N) is 4. The number of carbonyl (C=O) groups is 1. The van der Waals surface area contributed by atoms with Crippen molar-refractivity contribution in [3.63, 3.8) is 0 Å². The predicted molar refractivity (Wildman–Crippen MR) is 97.5 cm³/mol. The minimum Gasteiger partial charge on any atom is -0.312 e. The molecule has 0 unspecified atom stereocenters. The number of rotatable bonds is 9. The van der Waals surface area contributed by atoms with E-state index < -0.39 is 0 Å². The summed E-state index contributed by atoms with van der Waals surface area (Å²) in [4.78, 5) is 16.6. The van der Waals surface area contributed by atoms with E-state index in [-0.39, 0.29) is 5.78 Å². The monoisotopic (exact) mass is 340 g/mol. The third kappa shape index (κ3) is 4.74. The summed E-state index contributed by atoms with van der Waals surface area (Å²) in [5.74, 6) is 2.99. The van der Waals surface area contributed by atoms with Crippen molar-refractivity contribution < 1.29 is 4.79 Å². The zero-order valence-electron chi connectivity index (χ0n) is 15.5. The molecule has 0 radical (unpaired) electrons. The van der Waals surface area contributed by atoms with Gasteiger partial charge in [0.05, 0.1) is 0 Å². The molecule has 1 aliphatic carbocycles. The third-order valence-electron chi connectivity index (χ3n) is 4.83. The first-order valence-corrected chi connectivity index (χ1v) is 9.39. The molecule has 1 aliphatic rings. The molecule has 0 aromatic carbocycles. The second-order valence-electron chi connectivity index (χ2n) is 7.53. The number of pyridine rings is 1. The maximum Gasteiger partial charge on any atom is 0.137 e. The Morgan fingerprint density at radius 1 is 1.24 bits per heavy atom. The Hall–Kier alpha value is -2.04.